The Morgan fingerprint density at radius 1 is 1.45 bits per heavy atom. The van der Waals surface area contributed by atoms with E-state index in [1.165, 1.54) is 0 Å². The Balaban J connectivity index is 2.25. The van der Waals surface area contributed by atoms with E-state index in [0.717, 1.165) is 47.3 Å². The molecule has 0 bridgehead atoms. The van der Waals surface area contributed by atoms with Crippen LogP contribution in [0.2, 0.25) is 5.02 Å². The van der Waals surface area contributed by atoms with Crippen molar-refractivity contribution in [2.75, 3.05) is 6.54 Å². The molecule has 0 aliphatic carbocycles. The molecule has 2 aromatic rings. The van der Waals surface area contributed by atoms with E-state index in [2.05, 4.69) is 34.6 Å². The molecule has 0 aromatic carbocycles. The van der Waals surface area contributed by atoms with E-state index in [4.69, 9.17) is 11.6 Å². The Bertz CT molecular complexity index is 549. The number of hydrogen-bond donors (Lipinski definition) is 1. The van der Waals surface area contributed by atoms with E-state index in [0.29, 0.717) is 0 Å². The molecular weight excluding hydrogens is 292 g/mol. The Kier molecular flexibility index (Phi) is 5.57. The first kappa shape index (κ1) is 15.5. The van der Waals surface area contributed by atoms with Crippen LogP contribution in [0.1, 0.15) is 42.7 Å². The fraction of sp³-hybridized carbons (Fsp3) is 0.571. The number of nitrogens with zero attached hydrogens (tertiary/aromatic N) is 3. The second-order valence-corrected chi connectivity index (χ2v) is 6.15. The molecule has 1 unspecified atom stereocenters. The third-order valence-electron chi connectivity index (χ3n) is 3.09. The van der Waals surface area contributed by atoms with Gasteiger partial charge in [-0.15, -0.1) is 11.3 Å². The van der Waals surface area contributed by atoms with Crippen LogP contribution >= 0.6 is 22.9 Å². The molecule has 4 nitrogen and oxygen atoms in total. The van der Waals surface area contributed by atoms with Crippen molar-refractivity contribution in [3.05, 3.63) is 33.0 Å². The second kappa shape index (κ2) is 7.20. The number of thiazole rings is 1. The molecule has 0 saturated carbocycles. The van der Waals surface area contributed by atoms with Crippen molar-refractivity contribution < 1.29 is 0 Å². The van der Waals surface area contributed by atoms with Gasteiger partial charge in [-0.1, -0.05) is 25.4 Å². The van der Waals surface area contributed by atoms with Gasteiger partial charge >= 0.3 is 0 Å². The summed E-state index contributed by atoms with van der Waals surface area (Å²) in [5.41, 5.74) is 2.15. The quantitative estimate of drug-likeness (QED) is 0.849. The van der Waals surface area contributed by atoms with Crippen LogP contribution in [-0.4, -0.2) is 21.3 Å². The van der Waals surface area contributed by atoms with Gasteiger partial charge < -0.3 is 5.32 Å². The summed E-state index contributed by atoms with van der Waals surface area (Å²) in [6, 6.07) is 0.159. The molecule has 110 valence electrons. The minimum atomic E-state index is 0.159. The number of aryl methyl sites for hydroxylation is 2. The number of halogens is 1. The third kappa shape index (κ3) is 3.59. The maximum absolute atomic E-state index is 6.34. The van der Waals surface area contributed by atoms with Crippen LogP contribution in [0.4, 0.5) is 0 Å². The summed E-state index contributed by atoms with van der Waals surface area (Å²) >= 11 is 8.04. The fourth-order valence-corrected chi connectivity index (χ4v) is 3.38. The lowest BCUT2D eigenvalue weighted by Gasteiger charge is -2.19. The minimum absolute atomic E-state index is 0.159. The van der Waals surface area contributed by atoms with E-state index >= 15 is 0 Å². The van der Waals surface area contributed by atoms with Gasteiger partial charge in [0.1, 0.15) is 0 Å². The molecule has 0 amide bonds. The van der Waals surface area contributed by atoms with Crippen molar-refractivity contribution in [1.82, 2.24) is 20.1 Å². The Labute approximate surface area is 129 Å². The Hall–Kier alpha value is -0.910. The molecule has 0 aliphatic rings. The van der Waals surface area contributed by atoms with Gasteiger partial charge in [0, 0.05) is 24.0 Å². The Morgan fingerprint density at radius 3 is 2.85 bits per heavy atom. The normalized spacial score (nSPS) is 12.8. The predicted octanol–water partition coefficient (Wildman–Crippen LogP) is 3.60. The summed E-state index contributed by atoms with van der Waals surface area (Å²) in [6.07, 6.45) is 3.63. The molecule has 20 heavy (non-hydrogen) atoms. The first-order valence-corrected chi connectivity index (χ1v) is 8.27. The van der Waals surface area contributed by atoms with Crippen LogP contribution in [0, 0.1) is 6.92 Å². The first-order valence-electron chi connectivity index (χ1n) is 7.01. The second-order valence-electron chi connectivity index (χ2n) is 4.80. The molecule has 0 saturated heterocycles. The summed E-state index contributed by atoms with van der Waals surface area (Å²) in [5.74, 6) is 0. The SMILES string of the molecule is CCCn1ncc(Cl)c1C(Cc1nc(C)cs1)NCC. The monoisotopic (exact) mass is 312 g/mol. The summed E-state index contributed by atoms with van der Waals surface area (Å²) in [4.78, 5) is 4.55. The maximum Gasteiger partial charge on any atom is 0.0947 e. The molecule has 2 rings (SSSR count). The minimum Gasteiger partial charge on any atom is -0.309 e. The van der Waals surface area contributed by atoms with Gasteiger partial charge in [-0.25, -0.2) is 4.98 Å². The van der Waals surface area contributed by atoms with Gasteiger partial charge in [-0.3, -0.25) is 4.68 Å². The molecule has 1 atom stereocenters. The van der Waals surface area contributed by atoms with E-state index in [9.17, 15) is 0 Å². The molecule has 0 fully saturated rings. The zero-order chi connectivity index (χ0) is 14.5. The smallest absolute Gasteiger partial charge is 0.0947 e. The van der Waals surface area contributed by atoms with Crippen molar-refractivity contribution in [2.45, 2.75) is 46.2 Å². The molecule has 6 heteroatoms. The highest BCUT2D eigenvalue weighted by Crippen LogP contribution is 2.27. The molecular formula is C14H21ClN4S. The van der Waals surface area contributed by atoms with Crippen molar-refractivity contribution >= 4 is 22.9 Å². The number of likely N-dealkylation sites (N-methyl/N-ethyl adjacent to an activating group) is 1. The summed E-state index contributed by atoms with van der Waals surface area (Å²) in [5, 5.41) is 11.8. The first-order chi connectivity index (χ1) is 9.65. The lowest BCUT2D eigenvalue weighted by molar-refractivity contribution is 0.477. The van der Waals surface area contributed by atoms with Crippen LogP contribution in [0.25, 0.3) is 0 Å². The molecule has 0 radical (unpaired) electrons. The highest BCUT2D eigenvalue weighted by molar-refractivity contribution is 7.09. The van der Waals surface area contributed by atoms with Gasteiger partial charge in [0.2, 0.25) is 0 Å². The van der Waals surface area contributed by atoms with Gasteiger partial charge in [-0.05, 0) is 19.9 Å². The van der Waals surface area contributed by atoms with E-state index in [1.54, 1.807) is 17.5 Å². The summed E-state index contributed by atoms with van der Waals surface area (Å²) in [6.45, 7) is 8.06. The topological polar surface area (TPSA) is 42.7 Å². The summed E-state index contributed by atoms with van der Waals surface area (Å²) in [7, 11) is 0. The van der Waals surface area contributed by atoms with Crippen LogP contribution < -0.4 is 5.32 Å². The molecule has 0 spiro atoms. The Morgan fingerprint density at radius 2 is 2.25 bits per heavy atom. The molecule has 2 aromatic heterocycles. The fourth-order valence-electron chi connectivity index (χ4n) is 2.29. The van der Waals surface area contributed by atoms with Crippen LogP contribution in [0.3, 0.4) is 0 Å². The number of rotatable bonds is 7. The lowest BCUT2D eigenvalue weighted by atomic mass is 10.1. The van der Waals surface area contributed by atoms with Crippen LogP contribution in [0.5, 0.6) is 0 Å². The number of hydrogen-bond acceptors (Lipinski definition) is 4. The molecule has 1 N–H and O–H groups in total. The van der Waals surface area contributed by atoms with Crippen LogP contribution in [0.15, 0.2) is 11.6 Å². The third-order valence-corrected chi connectivity index (χ3v) is 4.37. The largest absolute Gasteiger partial charge is 0.309 e. The predicted molar refractivity (Wildman–Crippen MR) is 84.5 cm³/mol. The summed E-state index contributed by atoms with van der Waals surface area (Å²) < 4.78 is 2.01. The van der Waals surface area contributed by atoms with Crippen LogP contribution in [-0.2, 0) is 13.0 Å². The van der Waals surface area contributed by atoms with Gasteiger partial charge in [0.05, 0.1) is 28.0 Å². The van der Waals surface area contributed by atoms with Crippen molar-refractivity contribution in [1.29, 1.82) is 0 Å². The van der Waals surface area contributed by atoms with Gasteiger partial charge in [-0.2, -0.15) is 5.10 Å². The van der Waals surface area contributed by atoms with Gasteiger partial charge in [0.15, 0.2) is 0 Å². The van der Waals surface area contributed by atoms with E-state index in [-0.39, 0.29) is 6.04 Å². The molecule has 0 aliphatic heterocycles. The van der Waals surface area contributed by atoms with Gasteiger partial charge in [0.25, 0.3) is 0 Å². The van der Waals surface area contributed by atoms with Crippen molar-refractivity contribution in [3.8, 4) is 0 Å². The molecule has 2 heterocycles. The zero-order valence-corrected chi connectivity index (χ0v) is 13.8. The van der Waals surface area contributed by atoms with Crippen molar-refractivity contribution in [3.63, 3.8) is 0 Å². The highest BCUT2D eigenvalue weighted by atomic mass is 35.5. The van der Waals surface area contributed by atoms with Crippen molar-refractivity contribution in [2.24, 2.45) is 0 Å². The zero-order valence-electron chi connectivity index (χ0n) is 12.2. The number of aromatic nitrogens is 3. The van der Waals surface area contributed by atoms with E-state index < -0.39 is 0 Å². The highest BCUT2D eigenvalue weighted by Gasteiger charge is 2.21. The number of nitrogens with one attached hydrogen (secondary N) is 1. The lowest BCUT2D eigenvalue weighted by Crippen LogP contribution is -2.26. The average Bonchev–Trinajstić information content (AvgIpc) is 2.96. The maximum atomic E-state index is 6.34. The average molecular weight is 313 g/mol. The van der Waals surface area contributed by atoms with E-state index in [1.807, 2.05) is 11.6 Å². The standard InChI is InChI=1S/C14H21ClN4S/c1-4-6-19-14(11(15)8-17-19)12(16-5-2)7-13-18-10(3)9-20-13/h8-9,12,16H,4-7H2,1-3H3.